The third-order valence-corrected chi connectivity index (χ3v) is 8.51. The lowest BCUT2D eigenvalue weighted by Crippen LogP contribution is -2.33. The molecule has 0 saturated carbocycles. The summed E-state index contributed by atoms with van der Waals surface area (Å²) in [6.45, 7) is 1.41. The highest BCUT2D eigenvalue weighted by atomic mass is 19.1. The molecule has 3 heterocycles. The van der Waals surface area contributed by atoms with E-state index in [1.165, 1.54) is 70.1 Å². The van der Waals surface area contributed by atoms with Crippen LogP contribution in [0.3, 0.4) is 0 Å². The lowest BCUT2D eigenvalue weighted by atomic mass is 9.97. The van der Waals surface area contributed by atoms with Crippen LogP contribution in [0.15, 0.2) is 77.9 Å². The van der Waals surface area contributed by atoms with Gasteiger partial charge in [-0.05, 0) is 60.7 Å². The van der Waals surface area contributed by atoms with E-state index < -0.39 is 28.9 Å². The molecule has 0 atom stereocenters. The molecule has 1 aliphatic heterocycles. The molecule has 5 aromatic rings. The van der Waals surface area contributed by atoms with E-state index in [-0.39, 0.29) is 39.7 Å². The molecule has 0 spiro atoms. The molecule has 50 heavy (non-hydrogen) atoms. The second-order valence-electron chi connectivity index (χ2n) is 11.6. The number of hydrogen-bond acceptors (Lipinski definition) is 8. The minimum atomic E-state index is -0.822. The van der Waals surface area contributed by atoms with E-state index in [1.54, 1.807) is 22.8 Å². The lowest BCUT2D eigenvalue weighted by Gasteiger charge is -2.26. The van der Waals surface area contributed by atoms with Crippen LogP contribution in [-0.2, 0) is 11.3 Å². The summed E-state index contributed by atoms with van der Waals surface area (Å²) in [7, 11) is 4.44. The first-order valence-electron chi connectivity index (χ1n) is 15.8. The summed E-state index contributed by atoms with van der Waals surface area (Å²) in [5.41, 5.74) is -0.186. The van der Waals surface area contributed by atoms with Crippen molar-refractivity contribution in [2.75, 3.05) is 39.8 Å². The second-order valence-corrected chi connectivity index (χ2v) is 11.6. The monoisotopic (exact) mass is 684 g/mol. The minimum Gasteiger partial charge on any atom is -0.493 e. The Hall–Kier alpha value is -5.82. The fraction of sp³-hybridized carbons (Fsp3) is 0.243. The van der Waals surface area contributed by atoms with Gasteiger partial charge in [0.1, 0.15) is 22.8 Å². The van der Waals surface area contributed by atoms with Crippen LogP contribution in [0.25, 0.3) is 22.0 Å². The Morgan fingerprint density at radius 1 is 0.920 bits per heavy atom. The number of carbonyl (C=O) groups excluding carboxylic acids is 2. The minimum absolute atomic E-state index is 0.0411. The normalized spacial score (nSPS) is 13.1. The zero-order valence-corrected chi connectivity index (χ0v) is 27.5. The van der Waals surface area contributed by atoms with E-state index in [9.17, 15) is 18.8 Å². The number of hydrogen-bond donors (Lipinski definition) is 2. The molecule has 1 aliphatic rings. The Bertz CT molecular complexity index is 2130. The molecular formula is C37H34F2N4O7. The summed E-state index contributed by atoms with van der Waals surface area (Å²) in [5.74, 6) is -1.49. The van der Waals surface area contributed by atoms with E-state index in [4.69, 9.17) is 18.9 Å². The SMILES string of the molecule is CNC(=O)c1c(-c2ccc(F)cc2)c(=O)c(C(=O)Nc2ccc(Oc3ccnc4cc(OC)c(OC)cc34)c(F)c2)cn1CC1CCOCC1. The van der Waals surface area contributed by atoms with Crippen molar-refractivity contribution in [2.45, 2.75) is 19.4 Å². The van der Waals surface area contributed by atoms with Gasteiger partial charge in [-0.1, -0.05) is 12.1 Å². The number of carbonyl (C=O) groups is 2. The van der Waals surface area contributed by atoms with Gasteiger partial charge in [0, 0.05) is 62.4 Å². The van der Waals surface area contributed by atoms with Crippen molar-refractivity contribution in [1.29, 1.82) is 0 Å². The number of halogens is 2. The third-order valence-electron chi connectivity index (χ3n) is 8.51. The van der Waals surface area contributed by atoms with Crippen LogP contribution in [0.1, 0.15) is 33.7 Å². The molecule has 0 bridgehead atoms. The van der Waals surface area contributed by atoms with Crippen molar-refractivity contribution >= 4 is 28.4 Å². The summed E-state index contributed by atoms with van der Waals surface area (Å²) < 4.78 is 53.1. The Kier molecular flexibility index (Phi) is 10.0. The van der Waals surface area contributed by atoms with Crippen molar-refractivity contribution in [1.82, 2.24) is 14.9 Å². The maximum Gasteiger partial charge on any atom is 0.268 e. The number of methoxy groups -OCH3 is 2. The first-order chi connectivity index (χ1) is 24.2. The van der Waals surface area contributed by atoms with E-state index in [0.29, 0.717) is 47.9 Å². The Morgan fingerprint density at radius 3 is 2.32 bits per heavy atom. The zero-order chi connectivity index (χ0) is 35.4. The largest absolute Gasteiger partial charge is 0.493 e. The summed E-state index contributed by atoms with van der Waals surface area (Å²) in [6.07, 6.45) is 4.30. The summed E-state index contributed by atoms with van der Waals surface area (Å²) in [5, 5.41) is 5.73. The van der Waals surface area contributed by atoms with Gasteiger partial charge in [0.05, 0.1) is 25.3 Å². The summed E-state index contributed by atoms with van der Waals surface area (Å²) >= 11 is 0. The quantitative estimate of drug-likeness (QED) is 0.178. The average Bonchev–Trinajstić information content (AvgIpc) is 3.13. The Labute approximate surface area is 285 Å². The van der Waals surface area contributed by atoms with Gasteiger partial charge in [-0.15, -0.1) is 0 Å². The Balaban J connectivity index is 1.34. The number of anilines is 1. The summed E-state index contributed by atoms with van der Waals surface area (Å²) in [4.78, 5) is 45.3. The first-order valence-corrected chi connectivity index (χ1v) is 15.8. The molecule has 1 fully saturated rings. The highest BCUT2D eigenvalue weighted by Crippen LogP contribution is 2.37. The van der Waals surface area contributed by atoms with Crippen LogP contribution in [-0.4, -0.2) is 55.8 Å². The van der Waals surface area contributed by atoms with E-state index in [1.807, 2.05) is 0 Å². The molecular weight excluding hydrogens is 650 g/mol. The molecule has 2 amide bonds. The summed E-state index contributed by atoms with van der Waals surface area (Å²) in [6, 6.07) is 13.9. The van der Waals surface area contributed by atoms with E-state index in [2.05, 4.69) is 15.6 Å². The van der Waals surface area contributed by atoms with Crippen molar-refractivity contribution in [3.8, 4) is 34.1 Å². The number of aromatic nitrogens is 2. The fourth-order valence-corrected chi connectivity index (χ4v) is 5.94. The van der Waals surface area contributed by atoms with Gasteiger partial charge in [0.15, 0.2) is 23.1 Å². The molecule has 0 radical (unpaired) electrons. The second kappa shape index (κ2) is 14.7. The first kappa shape index (κ1) is 34.1. The van der Waals surface area contributed by atoms with Crippen LogP contribution < -0.4 is 30.3 Å². The molecule has 2 aromatic heterocycles. The van der Waals surface area contributed by atoms with E-state index in [0.717, 1.165) is 18.9 Å². The number of rotatable bonds is 10. The Morgan fingerprint density at radius 2 is 1.64 bits per heavy atom. The van der Waals surface area contributed by atoms with Crippen LogP contribution in [0.5, 0.6) is 23.0 Å². The van der Waals surface area contributed by atoms with Gasteiger partial charge in [0.2, 0.25) is 5.43 Å². The van der Waals surface area contributed by atoms with Gasteiger partial charge in [0.25, 0.3) is 11.8 Å². The average molecular weight is 685 g/mol. The molecule has 11 nitrogen and oxygen atoms in total. The van der Waals surface area contributed by atoms with Crippen molar-refractivity contribution in [3.05, 3.63) is 106 Å². The van der Waals surface area contributed by atoms with Gasteiger partial charge >= 0.3 is 0 Å². The van der Waals surface area contributed by atoms with Gasteiger partial charge < -0.3 is 34.1 Å². The van der Waals surface area contributed by atoms with Crippen molar-refractivity contribution in [2.24, 2.45) is 5.92 Å². The fourth-order valence-electron chi connectivity index (χ4n) is 5.94. The number of pyridine rings is 2. The number of nitrogens with zero attached hydrogens (tertiary/aromatic N) is 2. The zero-order valence-electron chi connectivity index (χ0n) is 27.5. The number of fused-ring (bicyclic) bond motifs is 1. The van der Waals surface area contributed by atoms with Gasteiger partial charge in [-0.2, -0.15) is 0 Å². The topological polar surface area (TPSA) is 130 Å². The van der Waals surface area contributed by atoms with Crippen LogP contribution in [0.2, 0.25) is 0 Å². The molecule has 0 unspecified atom stereocenters. The maximum absolute atomic E-state index is 15.5. The molecule has 13 heteroatoms. The highest BCUT2D eigenvalue weighted by molar-refractivity contribution is 6.06. The highest BCUT2D eigenvalue weighted by Gasteiger charge is 2.27. The van der Waals surface area contributed by atoms with Gasteiger partial charge in [-0.25, -0.2) is 8.78 Å². The standard InChI is InChI=1S/C37H34F2N4O7/c1-40-37(46)34-33(22-4-6-23(38)7-5-22)35(44)26(20-43(34)19-21-11-14-49-15-12-21)36(45)42-24-8-9-30(27(39)16-24)50-29-10-13-41-28-18-32(48-3)31(47-2)17-25(28)29/h4-10,13,16-18,20-21H,11-12,14-15,19H2,1-3H3,(H,40,46)(H,42,45). The maximum atomic E-state index is 15.5. The van der Waals surface area contributed by atoms with Crippen LogP contribution in [0.4, 0.5) is 14.5 Å². The molecule has 0 aliphatic carbocycles. The molecule has 1 saturated heterocycles. The van der Waals surface area contributed by atoms with E-state index >= 15 is 4.39 Å². The molecule has 3 aromatic carbocycles. The van der Waals surface area contributed by atoms with Gasteiger partial charge in [-0.3, -0.25) is 19.4 Å². The third kappa shape index (κ3) is 6.99. The number of benzene rings is 3. The lowest BCUT2D eigenvalue weighted by molar-refractivity contribution is 0.0607. The number of amides is 2. The number of ether oxygens (including phenoxy) is 4. The predicted octanol–water partition coefficient (Wildman–Crippen LogP) is 6.19. The van der Waals surface area contributed by atoms with Crippen molar-refractivity contribution in [3.63, 3.8) is 0 Å². The molecule has 258 valence electrons. The molecule has 2 N–H and O–H groups in total. The smallest absolute Gasteiger partial charge is 0.268 e. The number of nitrogens with one attached hydrogen (secondary N) is 2. The predicted molar refractivity (Wildman–Crippen MR) is 182 cm³/mol. The van der Waals surface area contributed by atoms with Crippen LogP contribution in [0, 0.1) is 17.6 Å². The van der Waals surface area contributed by atoms with Crippen molar-refractivity contribution < 1.29 is 37.3 Å². The van der Waals surface area contributed by atoms with Crippen LogP contribution >= 0.6 is 0 Å². The molecule has 6 rings (SSSR count).